The molecule has 1 aromatic rings. The molecule has 1 saturated heterocycles. The third-order valence-corrected chi connectivity index (χ3v) is 5.27. The van der Waals surface area contributed by atoms with Gasteiger partial charge in [-0.15, -0.1) is 0 Å². The van der Waals surface area contributed by atoms with Gasteiger partial charge in [0.25, 0.3) is 5.91 Å². The van der Waals surface area contributed by atoms with Crippen molar-refractivity contribution in [1.82, 2.24) is 4.90 Å². The number of rotatable bonds is 8. The highest BCUT2D eigenvalue weighted by Gasteiger charge is 2.37. The topological polar surface area (TPSA) is 78.9 Å². The first-order valence-electron chi connectivity index (χ1n) is 8.12. The lowest BCUT2D eigenvalue weighted by Gasteiger charge is -2.27. The van der Waals surface area contributed by atoms with Crippen LogP contribution >= 0.6 is 24.0 Å². The number of ether oxygens (including phenoxy) is 2. The number of thiocarbonyl (C=S) groups is 1. The molecule has 0 bridgehead atoms. The lowest BCUT2D eigenvalue weighted by molar-refractivity contribution is -0.310. The third kappa shape index (κ3) is 4.37. The summed E-state index contributed by atoms with van der Waals surface area (Å²) in [5, 5.41) is 11.5. The molecule has 6 nitrogen and oxygen atoms in total. The predicted molar refractivity (Wildman–Crippen MR) is 103 cm³/mol. The predicted octanol–water partition coefficient (Wildman–Crippen LogP) is 2.21. The largest absolute Gasteiger partial charge is 0.548 e. The number of hydrogen-bond acceptors (Lipinski definition) is 7. The average Bonchev–Trinajstić information content (AvgIpc) is 2.89. The van der Waals surface area contributed by atoms with Gasteiger partial charge < -0.3 is 19.4 Å². The van der Waals surface area contributed by atoms with Crippen LogP contribution in [0.4, 0.5) is 0 Å². The van der Waals surface area contributed by atoms with E-state index < -0.39 is 17.9 Å². The molecule has 0 N–H and O–H groups in total. The smallest absolute Gasteiger partial charge is 0.266 e. The van der Waals surface area contributed by atoms with Gasteiger partial charge in [-0.1, -0.05) is 49.8 Å². The lowest BCUT2D eigenvalue weighted by atomic mass is 10.1. The van der Waals surface area contributed by atoms with Gasteiger partial charge >= 0.3 is 0 Å². The van der Waals surface area contributed by atoms with Crippen molar-refractivity contribution in [3.05, 3.63) is 28.7 Å². The molecule has 0 spiro atoms. The van der Waals surface area contributed by atoms with E-state index in [9.17, 15) is 14.7 Å². The summed E-state index contributed by atoms with van der Waals surface area (Å²) in [6.07, 6.45) is 3.47. The molecule has 1 heterocycles. The first kappa shape index (κ1) is 20.3. The standard InChI is InChI=1S/C18H21NO5S2/c1-4-5-6-12(17(21)22)19-16(20)15(26-18(19)25)10-11-7-8-13(23-2)14(9-11)24-3/h7-10,12H,4-6H2,1-3H3,(H,21,22)/p-1/b15-10-/t12-/m1/s1. The van der Waals surface area contributed by atoms with Gasteiger partial charge in [0.2, 0.25) is 0 Å². The van der Waals surface area contributed by atoms with Crippen LogP contribution in [-0.4, -0.2) is 41.4 Å². The molecule has 26 heavy (non-hydrogen) atoms. The number of amides is 1. The molecule has 140 valence electrons. The molecule has 1 amide bonds. The van der Waals surface area contributed by atoms with Crippen molar-refractivity contribution in [2.45, 2.75) is 32.2 Å². The maximum atomic E-state index is 12.7. The van der Waals surface area contributed by atoms with Crippen molar-refractivity contribution >= 4 is 46.3 Å². The number of methoxy groups -OCH3 is 2. The Morgan fingerprint density at radius 3 is 2.62 bits per heavy atom. The summed E-state index contributed by atoms with van der Waals surface area (Å²) in [6, 6.07) is 4.20. The molecule has 8 heteroatoms. The molecular formula is C18H20NO5S2-. The Labute approximate surface area is 162 Å². The van der Waals surface area contributed by atoms with Gasteiger partial charge in [-0.2, -0.15) is 0 Å². The normalized spacial score (nSPS) is 16.9. The Morgan fingerprint density at radius 2 is 2.04 bits per heavy atom. The van der Waals surface area contributed by atoms with Crippen LogP contribution in [0.3, 0.4) is 0 Å². The van der Waals surface area contributed by atoms with E-state index in [2.05, 4.69) is 0 Å². The number of carboxylic acids is 1. The van der Waals surface area contributed by atoms with Crippen LogP contribution in [-0.2, 0) is 9.59 Å². The van der Waals surface area contributed by atoms with E-state index in [1.165, 1.54) is 7.11 Å². The quantitative estimate of drug-likeness (QED) is 0.494. The van der Waals surface area contributed by atoms with Crippen LogP contribution in [0.5, 0.6) is 11.5 Å². The Morgan fingerprint density at radius 1 is 1.35 bits per heavy atom. The third-order valence-electron chi connectivity index (χ3n) is 3.94. The molecule has 1 aromatic carbocycles. The highest BCUT2D eigenvalue weighted by atomic mass is 32.2. The zero-order chi connectivity index (χ0) is 19.3. The molecule has 1 aliphatic rings. The molecule has 2 rings (SSSR count). The number of thioether (sulfide) groups is 1. The van der Waals surface area contributed by atoms with Crippen molar-refractivity contribution in [1.29, 1.82) is 0 Å². The number of nitrogens with zero attached hydrogens (tertiary/aromatic N) is 1. The van der Waals surface area contributed by atoms with Crippen molar-refractivity contribution in [2.24, 2.45) is 0 Å². The van der Waals surface area contributed by atoms with Crippen molar-refractivity contribution < 1.29 is 24.2 Å². The lowest BCUT2D eigenvalue weighted by Crippen LogP contribution is -2.49. The van der Waals surface area contributed by atoms with Gasteiger partial charge in [0.15, 0.2) is 11.5 Å². The summed E-state index contributed by atoms with van der Waals surface area (Å²) in [4.78, 5) is 25.7. The Bertz CT molecular complexity index is 747. The number of carbonyl (C=O) groups excluding carboxylic acids is 2. The second-order valence-corrected chi connectivity index (χ2v) is 7.32. The van der Waals surface area contributed by atoms with E-state index in [1.807, 2.05) is 6.92 Å². The maximum Gasteiger partial charge on any atom is 0.266 e. The fraction of sp³-hybridized carbons (Fsp3) is 0.389. The fourth-order valence-electron chi connectivity index (χ4n) is 2.59. The molecule has 0 unspecified atom stereocenters. The van der Waals surface area contributed by atoms with Crippen molar-refractivity contribution in [3.8, 4) is 11.5 Å². The van der Waals surface area contributed by atoms with Crippen LogP contribution in [0.25, 0.3) is 6.08 Å². The van der Waals surface area contributed by atoms with Crippen LogP contribution in [0.2, 0.25) is 0 Å². The van der Waals surface area contributed by atoms with E-state index in [-0.39, 0.29) is 4.32 Å². The summed E-state index contributed by atoms with van der Waals surface area (Å²) < 4.78 is 10.7. The molecule has 1 atom stereocenters. The van der Waals surface area contributed by atoms with E-state index in [0.29, 0.717) is 29.2 Å². The van der Waals surface area contributed by atoms with Crippen molar-refractivity contribution in [3.63, 3.8) is 0 Å². The minimum Gasteiger partial charge on any atom is -0.548 e. The van der Waals surface area contributed by atoms with Gasteiger partial charge in [-0.05, 0) is 30.2 Å². The summed E-state index contributed by atoms with van der Waals surface area (Å²) in [7, 11) is 3.07. The summed E-state index contributed by atoms with van der Waals surface area (Å²) >= 11 is 6.32. The number of carboxylic acid groups (broad SMARTS) is 1. The zero-order valence-electron chi connectivity index (χ0n) is 14.8. The van der Waals surface area contributed by atoms with Crippen LogP contribution in [0.1, 0.15) is 31.7 Å². The molecule has 0 saturated carbocycles. The van der Waals surface area contributed by atoms with E-state index >= 15 is 0 Å². The Kier molecular flexibility index (Phi) is 7.05. The summed E-state index contributed by atoms with van der Waals surface area (Å²) in [6.45, 7) is 1.95. The highest BCUT2D eigenvalue weighted by molar-refractivity contribution is 8.26. The van der Waals surface area contributed by atoms with Gasteiger partial charge in [0.05, 0.1) is 31.1 Å². The number of unbranched alkanes of at least 4 members (excludes halogenated alkanes) is 1. The van der Waals surface area contributed by atoms with Gasteiger partial charge in [-0.25, -0.2) is 0 Å². The summed E-state index contributed by atoms with van der Waals surface area (Å²) in [5.41, 5.74) is 0.724. The first-order chi connectivity index (χ1) is 12.4. The van der Waals surface area contributed by atoms with Crippen LogP contribution in [0, 0.1) is 0 Å². The van der Waals surface area contributed by atoms with Gasteiger partial charge in [0.1, 0.15) is 4.32 Å². The second-order valence-electron chi connectivity index (χ2n) is 5.64. The SMILES string of the molecule is CCCC[C@H](C(=O)[O-])N1C(=O)/C(=C/c2ccc(OC)c(OC)c2)SC1=S. The van der Waals surface area contributed by atoms with Gasteiger partial charge in [0, 0.05) is 0 Å². The molecule has 0 radical (unpaired) electrons. The Balaban J connectivity index is 2.29. The van der Waals surface area contributed by atoms with E-state index in [4.69, 9.17) is 21.7 Å². The molecule has 0 aliphatic carbocycles. The fourth-order valence-corrected chi connectivity index (χ4v) is 3.95. The van der Waals surface area contributed by atoms with E-state index in [1.54, 1.807) is 31.4 Å². The summed E-state index contributed by atoms with van der Waals surface area (Å²) in [5.74, 6) is -0.594. The minimum atomic E-state index is -1.29. The maximum absolute atomic E-state index is 12.7. The van der Waals surface area contributed by atoms with Crippen LogP contribution in [0.15, 0.2) is 23.1 Å². The molecular weight excluding hydrogens is 374 g/mol. The number of aliphatic carboxylic acids is 1. The highest BCUT2D eigenvalue weighted by Crippen LogP contribution is 2.36. The van der Waals surface area contributed by atoms with Gasteiger partial charge in [-0.3, -0.25) is 9.69 Å². The zero-order valence-corrected chi connectivity index (χ0v) is 16.4. The average molecular weight is 394 g/mol. The molecule has 0 aromatic heterocycles. The monoisotopic (exact) mass is 394 g/mol. The minimum absolute atomic E-state index is 0.229. The van der Waals surface area contributed by atoms with Crippen LogP contribution < -0.4 is 14.6 Å². The molecule has 1 aliphatic heterocycles. The second kappa shape index (κ2) is 9.05. The first-order valence-corrected chi connectivity index (χ1v) is 9.35. The Hall–Kier alpha value is -2.06. The molecule has 1 fully saturated rings. The van der Waals surface area contributed by atoms with Crippen molar-refractivity contribution in [2.75, 3.05) is 14.2 Å². The van der Waals surface area contributed by atoms with E-state index in [0.717, 1.165) is 28.6 Å². The number of benzene rings is 1. The number of hydrogen-bond donors (Lipinski definition) is 0. The number of carbonyl (C=O) groups is 2.